The van der Waals surface area contributed by atoms with Gasteiger partial charge in [0.05, 0.1) is 5.69 Å². The monoisotopic (exact) mass is 303 g/mol. The number of nitrogens with one attached hydrogen (secondary N) is 1. The van der Waals surface area contributed by atoms with E-state index >= 15 is 0 Å². The molecule has 0 aromatic carbocycles. The van der Waals surface area contributed by atoms with Crippen molar-refractivity contribution < 1.29 is 0 Å². The van der Waals surface area contributed by atoms with Crippen molar-refractivity contribution >= 4 is 28.5 Å². The van der Waals surface area contributed by atoms with E-state index in [4.69, 9.17) is 12.2 Å². The molecular formula is C13H13N5S2. The van der Waals surface area contributed by atoms with E-state index < -0.39 is 0 Å². The summed E-state index contributed by atoms with van der Waals surface area (Å²) >= 11 is 6.73. The van der Waals surface area contributed by atoms with E-state index in [1.165, 1.54) is 11.3 Å². The minimum atomic E-state index is 0.575. The third-order valence-corrected chi connectivity index (χ3v) is 4.56. The Balaban J connectivity index is 1.54. The molecule has 0 atom stereocenters. The number of hydrogen-bond acceptors (Lipinski definition) is 5. The highest BCUT2D eigenvalue weighted by Crippen LogP contribution is 2.19. The van der Waals surface area contributed by atoms with Crippen LogP contribution in [0, 0.1) is 4.77 Å². The Labute approximate surface area is 124 Å². The summed E-state index contributed by atoms with van der Waals surface area (Å²) in [7, 11) is 0. The molecule has 3 aromatic rings. The topological polar surface area (TPSA) is 49.2 Å². The standard InChI is InChI=1S/C13H13N5S2/c19-12-14-5-9-6-17(2-1-11(9)16-12)7-10-8-18-3-4-20-13(18)15-10/h3-5,8H,1-2,6-7H2,(H,14,16,19). The number of nitrogens with zero attached hydrogens (tertiary/aromatic N) is 4. The molecule has 4 rings (SSSR count). The molecule has 0 spiro atoms. The maximum atomic E-state index is 5.07. The van der Waals surface area contributed by atoms with Gasteiger partial charge in [0.1, 0.15) is 0 Å². The van der Waals surface area contributed by atoms with Crippen LogP contribution in [0.5, 0.6) is 0 Å². The lowest BCUT2D eigenvalue weighted by Crippen LogP contribution is -2.31. The minimum absolute atomic E-state index is 0.575. The average molecular weight is 303 g/mol. The van der Waals surface area contributed by atoms with E-state index in [0.29, 0.717) is 4.77 Å². The van der Waals surface area contributed by atoms with Gasteiger partial charge in [-0.2, -0.15) is 0 Å². The van der Waals surface area contributed by atoms with E-state index in [2.05, 4.69) is 35.8 Å². The molecule has 0 radical (unpaired) electrons. The van der Waals surface area contributed by atoms with E-state index in [1.807, 2.05) is 12.4 Å². The van der Waals surface area contributed by atoms with Crippen LogP contribution >= 0.6 is 23.6 Å². The van der Waals surface area contributed by atoms with Gasteiger partial charge in [0.15, 0.2) is 9.73 Å². The van der Waals surface area contributed by atoms with Crippen molar-refractivity contribution in [2.75, 3.05) is 6.54 Å². The summed E-state index contributed by atoms with van der Waals surface area (Å²) in [6.07, 6.45) is 7.04. The zero-order valence-corrected chi connectivity index (χ0v) is 12.4. The lowest BCUT2D eigenvalue weighted by Gasteiger charge is -2.27. The molecule has 1 aliphatic rings. The van der Waals surface area contributed by atoms with Crippen LogP contribution in [0.2, 0.25) is 0 Å². The average Bonchev–Trinajstić information content (AvgIpc) is 3.00. The molecular weight excluding hydrogens is 290 g/mol. The van der Waals surface area contributed by atoms with E-state index in [1.54, 1.807) is 11.3 Å². The maximum Gasteiger partial charge on any atom is 0.196 e. The van der Waals surface area contributed by atoms with Crippen LogP contribution in [-0.2, 0) is 19.5 Å². The first-order valence-corrected chi connectivity index (χ1v) is 7.77. The molecule has 3 aromatic heterocycles. The summed E-state index contributed by atoms with van der Waals surface area (Å²) in [5.41, 5.74) is 3.59. The van der Waals surface area contributed by atoms with Crippen molar-refractivity contribution in [3.8, 4) is 0 Å². The van der Waals surface area contributed by atoms with Crippen molar-refractivity contribution in [2.24, 2.45) is 0 Å². The molecule has 0 saturated carbocycles. The summed E-state index contributed by atoms with van der Waals surface area (Å²) in [6.45, 7) is 2.80. The molecule has 0 amide bonds. The van der Waals surface area contributed by atoms with Crippen LogP contribution in [0.4, 0.5) is 0 Å². The number of rotatable bonds is 2. The van der Waals surface area contributed by atoms with Gasteiger partial charge in [-0.1, -0.05) is 0 Å². The lowest BCUT2D eigenvalue weighted by molar-refractivity contribution is 0.240. The van der Waals surface area contributed by atoms with Crippen molar-refractivity contribution in [2.45, 2.75) is 19.5 Å². The van der Waals surface area contributed by atoms with Crippen LogP contribution in [0.15, 0.2) is 24.0 Å². The molecule has 0 saturated heterocycles. The fraction of sp³-hybridized carbons (Fsp3) is 0.308. The maximum absolute atomic E-state index is 5.07. The molecule has 20 heavy (non-hydrogen) atoms. The number of thiazole rings is 1. The highest BCUT2D eigenvalue weighted by molar-refractivity contribution is 7.71. The molecule has 102 valence electrons. The third-order valence-electron chi connectivity index (χ3n) is 3.58. The van der Waals surface area contributed by atoms with Gasteiger partial charge in [-0.25, -0.2) is 9.97 Å². The van der Waals surface area contributed by atoms with Crippen LogP contribution in [0.3, 0.4) is 0 Å². The summed E-state index contributed by atoms with van der Waals surface area (Å²) in [5.74, 6) is 0. The number of aromatic nitrogens is 4. The Kier molecular flexibility index (Phi) is 2.90. The second-order valence-corrected chi connectivity index (χ2v) is 6.24. The fourth-order valence-electron chi connectivity index (χ4n) is 2.62. The van der Waals surface area contributed by atoms with Crippen LogP contribution < -0.4 is 0 Å². The van der Waals surface area contributed by atoms with Crippen molar-refractivity contribution in [1.29, 1.82) is 0 Å². The van der Waals surface area contributed by atoms with Gasteiger partial charge in [-0.3, -0.25) is 9.30 Å². The van der Waals surface area contributed by atoms with E-state index in [9.17, 15) is 0 Å². The quantitative estimate of drug-likeness (QED) is 0.739. The SMILES string of the molecule is S=c1ncc2c([nH]1)CCN(Cc1cn3ccsc3n1)C2. The summed E-state index contributed by atoms with van der Waals surface area (Å²) in [5, 5.41) is 2.05. The summed E-state index contributed by atoms with van der Waals surface area (Å²) in [4.78, 5) is 15.5. The molecule has 0 aliphatic carbocycles. The second-order valence-electron chi connectivity index (χ2n) is 4.98. The van der Waals surface area contributed by atoms with E-state index in [-0.39, 0.29) is 0 Å². The molecule has 5 nitrogen and oxygen atoms in total. The number of hydrogen-bond donors (Lipinski definition) is 1. The normalized spacial score (nSPS) is 15.6. The molecule has 1 aliphatic heterocycles. The van der Waals surface area contributed by atoms with Crippen LogP contribution in [0.25, 0.3) is 4.96 Å². The molecule has 4 heterocycles. The largest absolute Gasteiger partial charge is 0.334 e. The number of H-pyrrole nitrogens is 1. The zero-order valence-electron chi connectivity index (χ0n) is 10.7. The van der Waals surface area contributed by atoms with Crippen molar-refractivity contribution in [3.05, 3.63) is 45.7 Å². The summed E-state index contributed by atoms with van der Waals surface area (Å²) < 4.78 is 2.66. The first kappa shape index (κ1) is 12.2. The van der Waals surface area contributed by atoms with Gasteiger partial charge in [0, 0.05) is 61.3 Å². The number of imidazole rings is 1. The molecule has 0 fully saturated rings. The molecule has 0 bridgehead atoms. The van der Waals surface area contributed by atoms with Crippen molar-refractivity contribution in [1.82, 2.24) is 24.3 Å². The van der Waals surface area contributed by atoms with Crippen molar-refractivity contribution in [3.63, 3.8) is 0 Å². The first-order valence-electron chi connectivity index (χ1n) is 6.48. The van der Waals surface area contributed by atoms with Crippen LogP contribution in [0.1, 0.15) is 17.0 Å². The Morgan fingerprint density at radius 2 is 2.40 bits per heavy atom. The predicted molar refractivity (Wildman–Crippen MR) is 80.3 cm³/mol. The highest BCUT2D eigenvalue weighted by Gasteiger charge is 2.18. The third kappa shape index (κ3) is 2.17. The fourth-order valence-corrected chi connectivity index (χ4v) is 3.52. The van der Waals surface area contributed by atoms with Gasteiger partial charge >= 0.3 is 0 Å². The predicted octanol–water partition coefficient (Wildman–Crippen LogP) is 2.41. The van der Waals surface area contributed by atoms with Gasteiger partial charge in [0.25, 0.3) is 0 Å². The zero-order chi connectivity index (χ0) is 13.5. The highest BCUT2D eigenvalue weighted by atomic mass is 32.1. The Bertz CT molecular complexity index is 787. The second kappa shape index (κ2) is 4.76. The smallest absolute Gasteiger partial charge is 0.196 e. The minimum Gasteiger partial charge on any atom is -0.334 e. The van der Waals surface area contributed by atoms with Gasteiger partial charge in [-0.05, 0) is 12.2 Å². The van der Waals surface area contributed by atoms with Gasteiger partial charge in [0.2, 0.25) is 0 Å². The Morgan fingerprint density at radius 3 is 3.30 bits per heavy atom. The Hall–Kier alpha value is -1.57. The molecule has 1 N–H and O–H groups in total. The van der Waals surface area contributed by atoms with Crippen LogP contribution in [-0.4, -0.2) is 30.8 Å². The number of aromatic amines is 1. The van der Waals surface area contributed by atoms with Gasteiger partial charge in [-0.15, -0.1) is 11.3 Å². The summed E-state index contributed by atoms with van der Waals surface area (Å²) in [6, 6.07) is 0. The first-order chi connectivity index (χ1) is 9.78. The van der Waals surface area contributed by atoms with Gasteiger partial charge < -0.3 is 4.98 Å². The Morgan fingerprint density at radius 1 is 1.45 bits per heavy atom. The molecule has 7 heteroatoms. The van der Waals surface area contributed by atoms with E-state index in [0.717, 1.165) is 36.7 Å². The molecule has 0 unspecified atom stereocenters. The number of fused-ring (bicyclic) bond motifs is 2. The lowest BCUT2D eigenvalue weighted by atomic mass is 10.1.